The number of hydrogen-bond donors (Lipinski definition) is 0. The zero-order valence-electron chi connectivity index (χ0n) is 15.5. The molecule has 1 aliphatic heterocycles. The smallest absolute Gasteiger partial charge is 0.347 e. The third kappa shape index (κ3) is 3.10. The van der Waals surface area contributed by atoms with Crippen molar-refractivity contribution in [1.82, 2.24) is 4.98 Å². The van der Waals surface area contributed by atoms with E-state index in [1.165, 1.54) is 0 Å². The highest BCUT2D eigenvalue weighted by Crippen LogP contribution is 2.31. The average molecular weight is 383 g/mol. The molecule has 0 radical (unpaired) electrons. The maximum absolute atomic E-state index is 12.9. The van der Waals surface area contributed by atoms with Gasteiger partial charge in [0.1, 0.15) is 0 Å². The number of esters is 2. The molecule has 0 bridgehead atoms. The van der Waals surface area contributed by atoms with Crippen LogP contribution in [0.15, 0.2) is 72.8 Å². The second-order valence-electron chi connectivity index (χ2n) is 6.95. The number of pyridine rings is 1. The molecule has 0 N–H and O–H groups in total. The third-order valence-electron chi connectivity index (χ3n) is 5.14. The number of para-hydroxylation sites is 1. The summed E-state index contributed by atoms with van der Waals surface area (Å²) in [5.41, 5.74) is 2.70. The molecule has 5 nitrogen and oxygen atoms in total. The summed E-state index contributed by atoms with van der Waals surface area (Å²) in [5, 5.41) is 2.84. The minimum atomic E-state index is -0.851. The van der Waals surface area contributed by atoms with E-state index in [0.29, 0.717) is 28.6 Å². The van der Waals surface area contributed by atoms with Crippen LogP contribution in [0.25, 0.3) is 32.9 Å². The fourth-order valence-electron chi connectivity index (χ4n) is 3.71. The molecule has 29 heavy (non-hydrogen) atoms. The Balaban J connectivity index is 1.66. The molecule has 1 aliphatic rings. The van der Waals surface area contributed by atoms with E-state index in [2.05, 4.69) is 0 Å². The lowest BCUT2D eigenvalue weighted by atomic mass is 9.99. The summed E-state index contributed by atoms with van der Waals surface area (Å²) in [6.07, 6.45) is -0.473. The highest BCUT2D eigenvalue weighted by atomic mass is 16.6. The van der Waals surface area contributed by atoms with Gasteiger partial charge >= 0.3 is 11.9 Å². The molecular formula is C24H17NO4. The topological polar surface area (TPSA) is 65.5 Å². The van der Waals surface area contributed by atoms with Crippen LogP contribution in [0.4, 0.5) is 0 Å². The van der Waals surface area contributed by atoms with Crippen molar-refractivity contribution < 1.29 is 19.1 Å². The van der Waals surface area contributed by atoms with E-state index in [-0.39, 0.29) is 6.61 Å². The van der Waals surface area contributed by atoms with Gasteiger partial charge in [-0.3, -0.25) is 0 Å². The Kier molecular flexibility index (Phi) is 4.21. The molecule has 1 atom stereocenters. The number of ether oxygens (including phenoxy) is 2. The molecule has 1 saturated heterocycles. The molecular weight excluding hydrogens is 366 g/mol. The van der Waals surface area contributed by atoms with Gasteiger partial charge in [-0.1, -0.05) is 60.7 Å². The van der Waals surface area contributed by atoms with Gasteiger partial charge in [0.05, 0.1) is 23.4 Å². The number of hydrogen-bond acceptors (Lipinski definition) is 5. The summed E-state index contributed by atoms with van der Waals surface area (Å²) in [6, 6.07) is 23.2. The molecule has 2 heterocycles. The number of fused-ring (bicyclic) bond motifs is 2. The van der Waals surface area contributed by atoms with Gasteiger partial charge in [-0.15, -0.1) is 0 Å². The lowest BCUT2D eigenvalue weighted by molar-refractivity contribution is -0.145. The number of carbonyl (C=O) groups is 2. The van der Waals surface area contributed by atoms with Crippen LogP contribution in [0.5, 0.6) is 0 Å². The molecule has 1 unspecified atom stereocenters. The lowest BCUT2D eigenvalue weighted by Crippen LogP contribution is -2.23. The third-order valence-corrected chi connectivity index (χ3v) is 5.14. The predicted molar refractivity (Wildman–Crippen MR) is 109 cm³/mol. The fourth-order valence-corrected chi connectivity index (χ4v) is 3.71. The van der Waals surface area contributed by atoms with Crippen molar-refractivity contribution in [2.24, 2.45) is 0 Å². The molecule has 0 aliphatic carbocycles. The zero-order chi connectivity index (χ0) is 19.8. The van der Waals surface area contributed by atoms with Crippen LogP contribution in [-0.2, 0) is 14.3 Å². The van der Waals surface area contributed by atoms with E-state index >= 15 is 0 Å². The summed E-state index contributed by atoms with van der Waals surface area (Å²) in [5.74, 6) is -1.04. The van der Waals surface area contributed by atoms with E-state index in [0.717, 1.165) is 16.3 Å². The Labute approximate surface area is 166 Å². The number of aromatic nitrogens is 1. The SMILES string of the molecule is O=C(OC1CCOC1=O)c1cc(-c2cccc3ccccc23)nc2ccccc12. The largest absolute Gasteiger partial charge is 0.463 e. The number of benzene rings is 3. The Morgan fingerprint density at radius 3 is 2.55 bits per heavy atom. The normalized spacial score (nSPS) is 16.1. The molecule has 1 fully saturated rings. The first-order valence-corrected chi connectivity index (χ1v) is 9.46. The van der Waals surface area contributed by atoms with Crippen LogP contribution in [0.3, 0.4) is 0 Å². The summed E-state index contributed by atoms with van der Waals surface area (Å²) < 4.78 is 10.4. The summed E-state index contributed by atoms with van der Waals surface area (Å²) in [4.78, 5) is 29.5. The second-order valence-corrected chi connectivity index (χ2v) is 6.95. The molecule has 5 rings (SSSR count). The Morgan fingerprint density at radius 1 is 0.966 bits per heavy atom. The van der Waals surface area contributed by atoms with Crippen LogP contribution in [0, 0.1) is 0 Å². The summed E-state index contributed by atoms with van der Waals surface area (Å²) in [7, 11) is 0. The van der Waals surface area contributed by atoms with Crippen LogP contribution in [0.2, 0.25) is 0 Å². The van der Waals surface area contributed by atoms with E-state index in [1.54, 1.807) is 6.07 Å². The van der Waals surface area contributed by atoms with Gasteiger partial charge in [0.15, 0.2) is 0 Å². The second kappa shape index (κ2) is 7.02. The fraction of sp³-hybridized carbons (Fsp3) is 0.125. The first-order valence-electron chi connectivity index (χ1n) is 9.46. The van der Waals surface area contributed by atoms with Gasteiger partial charge in [0.25, 0.3) is 0 Å². The van der Waals surface area contributed by atoms with Gasteiger partial charge in [0, 0.05) is 17.4 Å². The maximum Gasteiger partial charge on any atom is 0.347 e. The average Bonchev–Trinajstić information content (AvgIpc) is 3.16. The van der Waals surface area contributed by atoms with Crippen molar-refractivity contribution in [3.05, 3.63) is 78.4 Å². The minimum absolute atomic E-state index is 0.273. The lowest BCUT2D eigenvalue weighted by Gasteiger charge is -2.13. The van der Waals surface area contributed by atoms with Crippen molar-refractivity contribution in [2.75, 3.05) is 6.61 Å². The van der Waals surface area contributed by atoms with E-state index in [1.807, 2.05) is 66.7 Å². The quantitative estimate of drug-likeness (QED) is 0.487. The highest BCUT2D eigenvalue weighted by molar-refractivity contribution is 6.06. The number of carbonyl (C=O) groups excluding carboxylic acids is 2. The standard InChI is InChI=1S/C24H17NO4/c26-23(29-22-12-13-28-24(22)27)19-14-21(25-20-11-4-3-9-18(19)20)17-10-5-7-15-6-1-2-8-16(15)17/h1-11,14,22H,12-13H2. The Morgan fingerprint density at radius 2 is 1.72 bits per heavy atom. The summed E-state index contributed by atoms with van der Waals surface area (Å²) >= 11 is 0. The Hall–Kier alpha value is -3.73. The van der Waals surface area contributed by atoms with Gasteiger partial charge in [-0.05, 0) is 22.9 Å². The molecule has 0 saturated carbocycles. The molecule has 0 amide bonds. The van der Waals surface area contributed by atoms with Crippen LogP contribution >= 0.6 is 0 Å². The minimum Gasteiger partial charge on any atom is -0.463 e. The Bertz CT molecular complexity index is 1260. The van der Waals surface area contributed by atoms with Gasteiger partial charge < -0.3 is 9.47 Å². The molecule has 1 aromatic heterocycles. The van der Waals surface area contributed by atoms with Crippen molar-refractivity contribution in [1.29, 1.82) is 0 Å². The van der Waals surface area contributed by atoms with Gasteiger partial charge in [0.2, 0.25) is 6.10 Å². The van der Waals surface area contributed by atoms with Crippen molar-refractivity contribution in [2.45, 2.75) is 12.5 Å². The van der Waals surface area contributed by atoms with E-state index in [9.17, 15) is 9.59 Å². The maximum atomic E-state index is 12.9. The van der Waals surface area contributed by atoms with Gasteiger partial charge in [-0.2, -0.15) is 0 Å². The van der Waals surface area contributed by atoms with E-state index in [4.69, 9.17) is 14.5 Å². The van der Waals surface area contributed by atoms with Gasteiger partial charge in [-0.25, -0.2) is 14.6 Å². The zero-order valence-corrected chi connectivity index (χ0v) is 15.5. The van der Waals surface area contributed by atoms with Crippen molar-refractivity contribution in [3.63, 3.8) is 0 Å². The number of cyclic esters (lactones) is 1. The van der Waals surface area contributed by atoms with Crippen LogP contribution in [0.1, 0.15) is 16.8 Å². The van der Waals surface area contributed by atoms with Crippen LogP contribution in [-0.4, -0.2) is 29.6 Å². The summed E-state index contributed by atoms with van der Waals surface area (Å²) in [6.45, 7) is 0.273. The van der Waals surface area contributed by atoms with Crippen molar-refractivity contribution >= 4 is 33.6 Å². The molecule has 142 valence electrons. The number of rotatable bonds is 3. The first-order chi connectivity index (χ1) is 14.2. The molecule has 0 spiro atoms. The monoisotopic (exact) mass is 383 g/mol. The predicted octanol–water partition coefficient (Wildman–Crippen LogP) is 4.53. The van der Waals surface area contributed by atoms with E-state index < -0.39 is 18.0 Å². The highest BCUT2D eigenvalue weighted by Gasteiger charge is 2.31. The molecule has 3 aromatic carbocycles. The first kappa shape index (κ1) is 17.4. The number of nitrogens with zero attached hydrogens (tertiary/aromatic N) is 1. The molecule has 4 aromatic rings. The van der Waals surface area contributed by atoms with Crippen LogP contribution < -0.4 is 0 Å². The van der Waals surface area contributed by atoms with Crippen molar-refractivity contribution in [3.8, 4) is 11.3 Å². The molecule has 5 heteroatoms.